The van der Waals surface area contributed by atoms with Crippen molar-refractivity contribution in [1.29, 1.82) is 0 Å². The highest BCUT2D eigenvalue weighted by Crippen LogP contribution is 2.16. The average molecular weight is 214 g/mol. The first-order valence-electron chi connectivity index (χ1n) is 5.33. The summed E-state index contributed by atoms with van der Waals surface area (Å²) in [6, 6.07) is 0. The minimum Gasteiger partial charge on any atom is -0.396 e. The van der Waals surface area contributed by atoms with E-state index in [2.05, 4.69) is 10.3 Å². The van der Waals surface area contributed by atoms with Gasteiger partial charge in [-0.25, -0.2) is 0 Å². The van der Waals surface area contributed by atoms with Gasteiger partial charge in [0.15, 0.2) is 0 Å². The molecule has 0 radical (unpaired) electrons. The lowest BCUT2D eigenvalue weighted by atomic mass is 10.2. The van der Waals surface area contributed by atoms with Crippen LogP contribution in [-0.2, 0) is 14.4 Å². The molecule has 0 bridgehead atoms. The van der Waals surface area contributed by atoms with Crippen LogP contribution in [0.3, 0.4) is 0 Å². The summed E-state index contributed by atoms with van der Waals surface area (Å²) >= 11 is 0. The number of rotatable bonds is 6. The van der Waals surface area contributed by atoms with Crippen molar-refractivity contribution < 1.29 is 14.4 Å². The highest BCUT2D eigenvalue weighted by atomic mass is 16.6. The number of hydrogen-bond acceptors (Lipinski definition) is 5. The molecule has 0 amide bonds. The van der Waals surface area contributed by atoms with Gasteiger partial charge < -0.3 is 14.4 Å². The van der Waals surface area contributed by atoms with E-state index < -0.39 is 0 Å². The van der Waals surface area contributed by atoms with Crippen LogP contribution in [0, 0.1) is 0 Å². The third kappa shape index (κ3) is 4.78. The molecule has 1 rings (SSSR count). The molecule has 0 unspecified atom stereocenters. The fourth-order valence-electron chi connectivity index (χ4n) is 1.28. The Morgan fingerprint density at radius 1 is 1.07 bits per heavy atom. The van der Waals surface area contributed by atoms with Gasteiger partial charge in [0.1, 0.15) is 13.2 Å². The van der Waals surface area contributed by atoms with Gasteiger partial charge in [0.25, 0.3) is 0 Å². The van der Waals surface area contributed by atoms with E-state index in [4.69, 9.17) is 14.4 Å². The van der Waals surface area contributed by atoms with Gasteiger partial charge in [-0.3, -0.25) is 0 Å². The van der Waals surface area contributed by atoms with Gasteiger partial charge in [-0.1, -0.05) is 10.3 Å². The first-order chi connectivity index (χ1) is 7.36. The summed E-state index contributed by atoms with van der Waals surface area (Å²) in [6.45, 7) is 4.95. The summed E-state index contributed by atoms with van der Waals surface area (Å²) < 4.78 is 5.60. The second-order valence-corrected chi connectivity index (χ2v) is 3.13. The van der Waals surface area contributed by atoms with Gasteiger partial charge >= 0.3 is 0 Å². The topological polar surface area (TPSA) is 52.4 Å². The van der Waals surface area contributed by atoms with E-state index in [1.165, 1.54) is 0 Å². The smallest absolute Gasteiger partial charge is 0.114 e. The minimum atomic E-state index is 0.0367. The summed E-state index contributed by atoms with van der Waals surface area (Å²) in [7, 11) is 0. The third-order valence-electron chi connectivity index (χ3n) is 1.95. The Kier molecular flexibility index (Phi) is 5.77. The Bertz CT molecular complexity index is 197. The largest absolute Gasteiger partial charge is 0.396 e. The van der Waals surface area contributed by atoms with E-state index in [1.54, 1.807) is 12.4 Å². The Balaban J connectivity index is 2.20. The normalized spacial score (nSPS) is 26.5. The molecular formula is C10H18N2O3. The molecule has 0 aliphatic carbocycles. The zero-order chi connectivity index (χ0) is 10.9. The zero-order valence-corrected chi connectivity index (χ0v) is 9.26. The monoisotopic (exact) mass is 214 g/mol. The molecule has 2 atom stereocenters. The van der Waals surface area contributed by atoms with Crippen LogP contribution in [0.4, 0.5) is 0 Å². The molecule has 1 aliphatic rings. The zero-order valence-electron chi connectivity index (χ0n) is 9.26. The molecule has 1 saturated heterocycles. The van der Waals surface area contributed by atoms with Crippen LogP contribution in [0.1, 0.15) is 26.7 Å². The second kappa shape index (κ2) is 7.23. The lowest BCUT2D eigenvalue weighted by Crippen LogP contribution is -2.13. The maximum absolute atomic E-state index is 5.60. The molecule has 86 valence electrons. The molecule has 0 spiro atoms. The van der Waals surface area contributed by atoms with Crippen molar-refractivity contribution in [2.45, 2.75) is 38.9 Å². The molecule has 0 aromatic heterocycles. The highest BCUT2D eigenvalue weighted by Gasteiger charge is 2.22. The highest BCUT2D eigenvalue weighted by molar-refractivity contribution is 5.67. The lowest BCUT2D eigenvalue weighted by Gasteiger charge is -2.04. The van der Waals surface area contributed by atoms with E-state index >= 15 is 0 Å². The second-order valence-electron chi connectivity index (χ2n) is 3.13. The Morgan fingerprint density at radius 2 is 1.53 bits per heavy atom. The molecule has 1 fully saturated rings. The van der Waals surface area contributed by atoms with Crippen LogP contribution in [0.5, 0.6) is 0 Å². The Morgan fingerprint density at radius 3 is 1.93 bits per heavy atom. The van der Waals surface area contributed by atoms with Gasteiger partial charge in [-0.15, -0.1) is 0 Å². The number of ether oxygens (including phenoxy) is 1. The molecule has 5 nitrogen and oxygen atoms in total. The number of oxime groups is 2. The van der Waals surface area contributed by atoms with Crippen molar-refractivity contribution in [3.8, 4) is 0 Å². The van der Waals surface area contributed by atoms with Gasteiger partial charge in [-0.2, -0.15) is 0 Å². The molecule has 15 heavy (non-hydrogen) atoms. The van der Waals surface area contributed by atoms with E-state index in [-0.39, 0.29) is 12.2 Å². The van der Waals surface area contributed by atoms with Crippen molar-refractivity contribution in [2.75, 3.05) is 13.2 Å². The minimum absolute atomic E-state index is 0.0367. The van der Waals surface area contributed by atoms with Gasteiger partial charge in [-0.05, 0) is 26.7 Å². The van der Waals surface area contributed by atoms with Crippen molar-refractivity contribution in [3.05, 3.63) is 0 Å². The molecule has 5 heteroatoms. The van der Waals surface area contributed by atoms with Crippen LogP contribution in [0.15, 0.2) is 10.3 Å². The van der Waals surface area contributed by atoms with Crippen LogP contribution >= 0.6 is 0 Å². The molecule has 0 aromatic carbocycles. The van der Waals surface area contributed by atoms with Crippen molar-refractivity contribution >= 4 is 12.4 Å². The Hall–Kier alpha value is -1.10. The first-order valence-corrected chi connectivity index (χ1v) is 5.33. The fraction of sp³-hybridized carbons (Fsp3) is 0.800. The summed E-state index contributed by atoms with van der Waals surface area (Å²) in [5.74, 6) is 0. The molecule has 0 N–H and O–H groups in total. The summed E-state index contributed by atoms with van der Waals surface area (Å²) in [5.41, 5.74) is 0. The summed E-state index contributed by atoms with van der Waals surface area (Å²) in [4.78, 5) is 9.72. The predicted molar refractivity (Wildman–Crippen MR) is 58.1 cm³/mol. The molecule has 0 saturated carbocycles. The average Bonchev–Trinajstić information content (AvgIpc) is 2.67. The van der Waals surface area contributed by atoms with E-state index in [1.807, 2.05) is 13.8 Å². The first kappa shape index (κ1) is 12.0. The van der Waals surface area contributed by atoms with Gasteiger partial charge in [0.2, 0.25) is 0 Å². The van der Waals surface area contributed by atoms with Crippen molar-refractivity contribution in [3.63, 3.8) is 0 Å². The van der Waals surface area contributed by atoms with Crippen LogP contribution < -0.4 is 0 Å². The fourth-order valence-corrected chi connectivity index (χ4v) is 1.28. The lowest BCUT2D eigenvalue weighted by molar-refractivity contribution is 0.112. The quantitative estimate of drug-likeness (QED) is 0.498. The van der Waals surface area contributed by atoms with E-state index in [9.17, 15) is 0 Å². The molecule has 0 aromatic rings. The summed E-state index contributed by atoms with van der Waals surface area (Å²) in [5, 5.41) is 7.55. The molecular weight excluding hydrogens is 196 g/mol. The number of hydrogen-bond donors (Lipinski definition) is 0. The molecule has 1 heterocycles. The summed E-state index contributed by atoms with van der Waals surface area (Å²) in [6.07, 6.45) is 5.35. The van der Waals surface area contributed by atoms with Crippen LogP contribution in [0.2, 0.25) is 0 Å². The maximum Gasteiger partial charge on any atom is 0.114 e. The number of nitrogens with zero attached hydrogens (tertiary/aromatic N) is 2. The maximum atomic E-state index is 5.60. The van der Waals surface area contributed by atoms with Crippen molar-refractivity contribution in [2.24, 2.45) is 10.3 Å². The SMILES string of the molecule is CCO/N=C\[C@@H]1CC[C@H](/C=N\OCC)O1. The van der Waals surface area contributed by atoms with E-state index in [0.717, 1.165) is 12.8 Å². The van der Waals surface area contributed by atoms with Gasteiger partial charge in [0.05, 0.1) is 24.6 Å². The van der Waals surface area contributed by atoms with Crippen molar-refractivity contribution in [1.82, 2.24) is 0 Å². The van der Waals surface area contributed by atoms with Crippen LogP contribution in [-0.4, -0.2) is 37.9 Å². The van der Waals surface area contributed by atoms with Gasteiger partial charge in [0, 0.05) is 0 Å². The standard InChI is InChI=1S/C10H18N2O3/c1-3-13-11-7-9-5-6-10(15-9)8-12-14-4-2/h7-10H,3-6H2,1-2H3/b11-7-,12-8-/t9-,10+. The van der Waals surface area contributed by atoms with Crippen LogP contribution in [0.25, 0.3) is 0 Å². The Labute approximate surface area is 90.1 Å². The van der Waals surface area contributed by atoms with E-state index in [0.29, 0.717) is 13.2 Å². The predicted octanol–water partition coefficient (Wildman–Crippen LogP) is 1.58. The molecule has 1 aliphatic heterocycles. The third-order valence-corrected chi connectivity index (χ3v) is 1.95.